The molecule has 0 radical (unpaired) electrons. The van der Waals surface area contributed by atoms with Gasteiger partial charge in [0.1, 0.15) is 0 Å². The average Bonchev–Trinajstić information content (AvgIpc) is 3.27. The minimum Gasteiger partial charge on any atom is -0.355 e. The number of likely N-dealkylation sites (tertiary alicyclic amines) is 1. The Morgan fingerprint density at radius 2 is 1.61 bits per heavy atom. The lowest BCUT2D eigenvalue weighted by atomic mass is 10.1. The predicted molar refractivity (Wildman–Crippen MR) is 138 cm³/mol. The van der Waals surface area contributed by atoms with Crippen molar-refractivity contribution in [2.45, 2.75) is 25.9 Å². The van der Waals surface area contributed by atoms with Crippen LogP contribution in [0.5, 0.6) is 0 Å². The number of carbonyl (C=O) groups is 1. The quantitative estimate of drug-likeness (QED) is 0.201. The molecule has 0 saturated carbocycles. The van der Waals surface area contributed by atoms with Gasteiger partial charge in [-0.3, -0.25) is 14.7 Å². The fourth-order valence-corrected chi connectivity index (χ4v) is 3.69. The highest BCUT2D eigenvalue weighted by atomic mass is 127. The molecule has 1 amide bonds. The summed E-state index contributed by atoms with van der Waals surface area (Å²) in [5, 5.41) is 9.81. The Balaban J connectivity index is 0.00000341. The number of carbonyl (C=O) groups excluding carboxylic acids is 1. The lowest BCUT2D eigenvalue weighted by Gasteiger charge is -2.15. The van der Waals surface area contributed by atoms with E-state index in [4.69, 9.17) is 11.6 Å². The van der Waals surface area contributed by atoms with Crippen LogP contribution in [0, 0.1) is 0 Å². The van der Waals surface area contributed by atoms with Gasteiger partial charge in [0.25, 0.3) is 5.91 Å². The monoisotopic (exact) mass is 555 g/mol. The van der Waals surface area contributed by atoms with Gasteiger partial charge >= 0.3 is 0 Å². The van der Waals surface area contributed by atoms with Crippen LogP contribution >= 0.6 is 35.6 Å². The van der Waals surface area contributed by atoms with Gasteiger partial charge in [-0.25, -0.2) is 0 Å². The summed E-state index contributed by atoms with van der Waals surface area (Å²) in [7, 11) is 1.73. The maximum atomic E-state index is 12.2. The van der Waals surface area contributed by atoms with E-state index in [1.165, 1.54) is 37.1 Å². The highest BCUT2D eigenvalue weighted by Crippen LogP contribution is 2.14. The number of nitrogens with one attached hydrogen (secondary N) is 3. The zero-order valence-corrected chi connectivity index (χ0v) is 21.0. The van der Waals surface area contributed by atoms with Gasteiger partial charge in [0.05, 0.1) is 10.6 Å². The highest BCUT2D eigenvalue weighted by Gasteiger charge is 2.11. The highest BCUT2D eigenvalue weighted by molar-refractivity contribution is 14.0. The summed E-state index contributed by atoms with van der Waals surface area (Å²) in [6.45, 7) is 5.18. The first kappa shape index (κ1) is 25.4. The fraction of sp³-hybridized carbons (Fsp3) is 0.391. The van der Waals surface area contributed by atoms with Crippen molar-refractivity contribution in [2.24, 2.45) is 4.99 Å². The van der Waals surface area contributed by atoms with Crippen LogP contribution < -0.4 is 16.0 Å². The van der Waals surface area contributed by atoms with Crippen molar-refractivity contribution in [2.75, 3.05) is 33.2 Å². The molecule has 8 heteroatoms. The molecule has 1 fully saturated rings. The van der Waals surface area contributed by atoms with E-state index < -0.39 is 0 Å². The summed E-state index contributed by atoms with van der Waals surface area (Å²) in [6, 6.07) is 15.7. The molecule has 2 aromatic rings. The summed E-state index contributed by atoms with van der Waals surface area (Å²) in [5.74, 6) is 0.516. The maximum Gasteiger partial charge on any atom is 0.252 e. The van der Waals surface area contributed by atoms with Crippen LogP contribution in [0.3, 0.4) is 0 Å². The molecular weight excluding hydrogens is 525 g/mol. The molecule has 0 atom stereocenters. The third-order valence-corrected chi connectivity index (χ3v) is 5.46. The molecule has 3 rings (SSSR count). The second-order valence-electron chi connectivity index (χ2n) is 7.39. The molecule has 1 aliphatic rings. The van der Waals surface area contributed by atoms with Crippen LogP contribution in [0.15, 0.2) is 53.5 Å². The van der Waals surface area contributed by atoms with E-state index in [1.807, 2.05) is 0 Å². The minimum atomic E-state index is -0.181. The Labute approximate surface area is 206 Å². The number of amides is 1. The van der Waals surface area contributed by atoms with Crippen molar-refractivity contribution in [1.82, 2.24) is 20.9 Å². The summed E-state index contributed by atoms with van der Waals surface area (Å²) < 4.78 is 0. The fourth-order valence-electron chi connectivity index (χ4n) is 3.47. The van der Waals surface area contributed by atoms with Gasteiger partial charge < -0.3 is 16.0 Å². The van der Waals surface area contributed by atoms with Crippen molar-refractivity contribution in [1.29, 1.82) is 0 Å². The molecule has 0 aromatic heterocycles. The Bertz CT molecular complexity index is 853. The molecule has 168 valence electrons. The van der Waals surface area contributed by atoms with E-state index in [1.54, 1.807) is 31.3 Å². The van der Waals surface area contributed by atoms with Crippen LogP contribution in [0.2, 0.25) is 5.02 Å². The van der Waals surface area contributed by atoms with Gasteiger partial charge in [0, 0.05) is 33.2 Å². The van der Waals surface area contributed by atoms with E-state index in [0.29, 0.717) is 36.2 Å². The zero-order valence-electron chi connectivity index (χ0n) is 17.9. The summed E-state index contributed by atoms with van der Waals surface area (Å²) >= 11 is 6.05. The van der Waals surface area contributed by atoms with Gasteiger partial charge in [-0.05, 0) is 49.2 Å². The molecule has 3 N–H and O–H groups in total. The third kappa shape index (κ3) is 8.31. The molecule has 0 aliphatic carbocycles. The van der Waals surface area contributed by atoms with Crippen LogP contribution in [-0.2, 0) is 13.1 Å². The molecule has 6 nitrogen and oxygen atoms in total. The van der Waals surface area contributed by atoms with Crippen LogP contribution in [0.4, 0.5) is 0 Å². The van der Waals surface area contributed by atoms with Crippen LogP contribution in [-0.4, -0.2) is 50.0 Å². The minimum absolute atomic E-state index is 0. The number of rotatable bonds is 8. The number of hydrogen-bond acceptors (Lipinski definition) is 3. The molecule has 1 aliphatic heterocycles. The zero-order chi connectivity index (χ0) is 21.2. The SMILES string of the molecule is CN=C(NCCNC(=O)c1ccccc1Cl)NCc1ccc(CN2CCCC2)cc1.I. The van der Waals surface area contributed by atoms with Crippen LogP contribution in [0.1, 0.15) is 34.3 Å². The Morgan fingerprint density at radius 1 is 0.968 bits per heavy atom. The van der Waals surface area contributed by atoms with Gasteiger partial charge in [-0.15, -0.1) is 24.0 Å². The van der Waals surface area contributed by atoms with E-state index >= 15 is 0 Å². The van der Waals surface area contributed by atoms with Crippen molar-refractivity contribution >= 4 is 47.4 Å². The molecular formula is C23H31ClIN5O. The van der Waals surface area contributed by atoms with Gasteiger partial charge in [0.2, 0.25) is 0 Å². The summed E-state index contributed by atoms with van der Waals surface area (Å²) in [5.41, 5.74) is 3.04. The molecule has 1 heterocycles. The molecule has 0 bridgehead atoms. The van der Waals surface area contributed by atoms with Crippen molar-refractivity contribution in [3.05, 3.63) is 70.2 Å². The number of benzene rings is 2. The number of aliphatic imine (C=N–C) groups is 1. The lowest BCUT2D eigenvalue weighted by Crippen LogP contribution is -2.41. The standard InChI is InChI=1S/C23H30ClN5O.HI/c1-25-23(27-13-12-26-22(30)20-6-2-3-7-21(20)24)28-16-18-8-10-19(11-9-18)17-29-14-4-5-15-29;/h2-3,6-11H,4-5,12-17H2,1H3,(H,26,30)(H2,25,27,28);1H. The number of hydrogen-bond donors (Lipinski definition) is 3. The van der Waals surface area contributed by atoms with Crippen LogP contribution in [0.25, 0.3) is 0 Å². The van der Waals surface area contributed by atoms with Crippen molar-refractivity contribution in [3.8, 4) is 0 Å². The number of halogens is 2. The summed E-state index contributed by atoms with van der Waals surface area (Å²) in [6.07, 6.45) is 2.63. The second-order valence-corrected chi connectivity index (χ2v) is 7.80. The van der Waals surface area contributed by atoms with Crippen molar-refractivity contribution < 1.29 is 4.79 Å². The van der Waals surface area contributed by atoms with E-state index in [0.717, 1.165) is 6.54 Å². The largest absolute Gasteiger partial charge is 0.355 e. The first-order chi connectivity index (χ1) is 14.7. The topological polar surface area (TPSA) is 68.8 Å². The van der Waals surface area contributed by atoms with Crippen molar-refractivity contribution in [3.63, 3.8) is 0 Å². The van der Waals surface area contributed by atoms with E-state index in [9.17, 15) is 4.79 Å². The Hall–Kier alpha value is -1.84. The first-order valence-corrected chi connectivity index (χ1v) is 10.8. The molecule has 2 aromatic carbocycles. The van der Waals surface area contributed by atoms with E-state index in [-0.39, 0.29) is 29.9 Å². The third-order valence-electron chi connectivity index (χ3n) is 5.13. The van der Waals surface area contributed by atoms with E-state index in [2.05, 4.69) is 50.1 Å². The Kier molecular flexibility index (Phi) is 11.1. The molecule has 1 saturated heterocycles. The second kappa shape index (κ2) is 13.5. The normalized spacial score (nSPS) is 14.1. The van der Waals surface area contributed by atoms with Gasteiger partial charge in [0.15, 0.2) is 5.96 Å². The predicted octanol–water partition coefficient (Wildman–Crippen LogP) is 3.65. The average molecular weight is 556 g/mol. The number of nitrogens with zero attached hydrogens (tertiary/aromatic N) is 2. The Morgan fingerprint density at radius 3 is 2.29 bits per heavy atom. The van der Waals surface area contributed by atoms with Gasteiger partial charge in [-0.1, -0.05) is 48.0 Å². The molecule has 0 unspecified atom stereocenters. The van der Waals surface area contributed by atoms with Gasteiger partial charge in [-0.2, -0.15) is 0 Å². The number of guanidine groups is 1. The lowest BCUT2D eigenvalue weighted by molar-refractivity contribution is 0.0954. The molecule has 31 heavy (non-hydrogen) atoms. The summed E-state index contributed by atoms with van der Waals surface area (Å²) in [4.78, 5) is 18.9. The maximum absolute atomic E-state index is 12.2. The first-order valence-electron chi connectivity index (χ1n) is 10.4. The molecule has 0 spiro atoms. The smallest absolute Gasteiger partial charge is 0.252 e.